The van der Waals surface area contributed by atoms with Crippen molar-refractivity contribution in [1.82, 2.24) is 5.32 Å². The second-order valence-electron chi connectivity index (χ2n) is 6.50. The topological polar surface area (TPSA) is 84.9 Å². The lowest BCUT2D eigenvalue weighted by atomic mass is 10.00. The van der Waals surface area contributed by atoms with Crippen LogP contribution >= 0.6 is 0 Å². The smallest absolute Gasteiger partial charge is 0.326 e. The number of hydrogen-bond donors (Lipinski definition) is 2. The largest absolute Gasteiger partial charge is 0.496 e. The minimum atomic E-state index is -1.06. The second-order valence-corrected chi connectivity index (χ2v) is 6.50. The summed E-state index contributed by atoms with van der Waals surface area (Å²) in [5, 5.41) is 12.0. The Labute approximate surface area is 158 Å². The Morgan fingerprint density at radius 2 is 1.96 bits per heavy atom. The first-order valence-electron chi connectivity index (χ1n) is 8.95. The molecule has 1 heterocycles. The lowest BCUT2D eigenvalue weighted by Gasteiger charge is -2.17. The number of carboxylic acid groups (broad SMARTS) is 1. The van der Waals surface area contributed by atoms with E-state index in [1.165, 1.54) is 0 Å². The Balaban J connectivity index is 1.69. The molecule has 1 aliphatic rings. The van der Waals surface area contributed by atoms with Crippen LogP contribution in [0.2, 0.25) is 0 Å². The maximum absolute atomic E-state index is 12.1. The summed E-state index contributed by atoms with van der Waals surface area (Å²) in [5.74, 6) is -0.641. The monoisotopic (exact) mass is 369 g/mol. The minimum Gasteiger partial charge on any atom is -0.496 e. The van der Waals surface area contributed by atoms with Gasteiger partial charge in [-0.3, -0.25) is 4.79 Å². The number of ether oxygens (including phenoxy) is 2. The lowest BCUT2D eigenvalue weighted by Crippen LogP contribution is -2.46. The van der Waals surface area contributed by atoms with Gasteiger partial charge in [0, 0.05) is 18.6 Å². The van der Waals surface area contributed by atoms with Gasteiger partial charge in [0.2, 0.25) is 5.91 Å². The molecule has 142 valence electrons. The zero-order valence-electron chi connectivity index (χ0n) is 15.2. The average Bonchev–Trinajstić information content (AvgIpc) is 3.23. The number of benzene rings is 2. The van der Waals surface area contributed by atoms with E-state index in [2.05, 4.69) is 5.32 Å². The standard InChI is InChI=1S/C21H23NO5/c1-26-18-6-3-2-5-16(18)15-10-8-14(9-11-15)13-17(21(24)25)22-20(23)19-7-4-12-27-19/h2-3,5-6,8-11,17,19H,4,7,12-13H2,1H3,(H,22,23)(H,24,25)/t17-,19+/m0/s1. The number of carbonyl (C=O) groups is 2. The van der Waals surface area contributed by atoms with Crippen LogP contribution < -0.4 is 10.1 Å². The molecule has 0 aliphatic carbocycles. The molecule has 0 aromatic heterocycles. The Bertz CT molecular complexity index is 796. The quantitative estimate of drug-likeness (QED) is 0.784. The highest BCUT2D eigenvalue weighted by molar-refractivity contribution is 5.86. The third-order valence-corrected chi connectivity index (χ3v) is 4.65. The van der Waals surface area contributed by atoms with Crippen molar-refractivity contribution in [2.75, 3.05) is 13.7 Å². The fourth-order valence-electron chi connectivity index (χ4n) is 3.19. The normalized spacial score (nSPS) is 17.3. The van der Waals surface area contributed by atoms with Gasteiger partial charge in [0.15, 0.2) is 0 Å². The van der Waals surface area contributed by atoms with Crippen molar-refractivity contribution >= 4 is 11.9 Å². The molecular formula is C21H23NO5. The van der Waals surface area contributed by atoms with Gasteiger partial charge in [-0.2, -0.15) is 0 Å². The first kappa shape index (κ1) is 18.9. The van der Waals surface area contributed by atoms with Crippen LogP contribution in [0.5, 0.6) is 5.75 Å². The number of methoxy groups -OCH3 is 1. The van der Waals surface area contributed by atoms with Gasteiger partial charge >= 0.3 is 5.97 Å². The van der Waals surface area contributed by atoms with E-state index in [0.717, 1.165) is 28.9 Å². The highest BCUT2D eigenvalue weighted by Gasteiger charge is 2.28. The molecule has 6 heteroatoms. The summed E-state index contributed by atoms with van der Waals surface area (Å²) in [6.45, 7) is 0.542. The average molecular weight is 369 g/mol. The fraction of sp³-hybridized carbons (Fsp3) is 0.333. The van der Waals surface area contributed by atoms with E-state index < -0.39 is 18.1 Å². The van der Waals surface area contributed by atoms with E-state index in [9.17, 15) is 14.7 Å². The third kappa shape index (κ3) is 4.65. The molecule has 6 nitrogen and oxygen atoms in total. The van der Waals surface area contributed by atoms with Crippen LogP contribution in [0, 0.1) is 0 Å². The molecule has 2 aromatic carbocycles. The molecule has 2 aromatic rings. The van der Waals surface area contributed by atoms with Crippen molar-refractivity contribution in [3.63, 3.8) is 0 Å². The maximum Gasteiger partial charge on any atom is 0.326 e. The highest BCUT2D eigenvalue weighted by atomic mass is 16.5. The van der Waals surface area contributed by atoms with Crippen LogP contribution in [-0.2, 0) is 20.7 Å². The second kappa shape index (κ2) is 8.68. The van der Waals surface area contributed by atoms with Crippen LogP contribution in [0.25, 0.3) is 11.1 Å². The van der Waals surface area contributed by atoms with E-state index >= 15 is 0 Å². The zero-order valence-corrected chi connectivity index (χ0v) is 15.2. The van der Waals surface area contributed by atoms with E-state index in [1.54, 1.807) is 7.11 Å². The Hall–Kier alpha value is -2.86. The van der Waals surface area contributed by atoms with E-state index in [0.29, 0.717) is 13.0 Å². The van der Waals surface area contributed by atoms with Crippen molar-refractivity contribution in [3.05, 3.63) is 54.1 Å². The predicted octanol–water partition coefficient (Wildman–Crippen LogP) is 2.65. The molecule has 0 bridgehead atoms. The molecule has 0 radical (unpaired) electrons. The van der Waals surface area contributed by atoms with E-state index in [1.807, 2.05) is 48.5 Å². The predicted molar refractivity (Wildman–Crippen MR) is 101 cm³/mol. The van der Waals surface area contributed by atoms with Crippen LogP contribution in [0.3, 0.4) is 0 Å². The minimum absolute atomic E-state index is 0.208. The number of rotatable bonds is 7. The summed E-state index contributed by atoms with van der Waals surface area (Å²) in [4.78, 5) is 23.7. The number of hydrogen-bond acceptors (Lipinski definition) is 4. The van der Waals surface area contributed by atoms with Crippen molar-refractivity contribution in [1.29, 1.82) is 0 Å². The molecule has 1 saturated heterocycles. The molecule has 27 heavy (non-hydrogen) atoms. The molecule has 1 aliphatic heterocycles. The van der Waals surface area contributed by atoms with Gasteiger partial charge in [-0.1, -0.05) is 42.5 Å². The number of nitrogens with one attached hydrogen (secondary N) is 1. The SMILES string of the molecule is COc1ccccc1-c1ccc(C[C@H](NC(=O)[C@H]2CCCO2)C(=O)O)cc1. The molecule has 0 saturated carbocycles. The first-order chi connectivity index (χ1) is 13.1. The summed E-state index contributed by atoms with van der Waals surface area (Å²) >= 11 is 0. The number of aliphatic carboxylic acids is 1. The molecule has 2 atom stereocenters. The van der Waals surface area contributed by atoms with Crippen molar-refractivity contribution in [2.45, 2.75) is 31.4 Å². The number of para-hydroxylation sites is 1. The Morgan fingerprint density at radius 3 is 2.59 bits per heavy atom. The molecular weight excluding hydrogens is 346 g/mol. The van der Waals surface area contributed by atoms with Crippen molar-refractivity contribution in [2.24, 2.45) is 0 Å². The van der Waals surface area contributed by atoms with Gasteiger partial charge in [0.1, 0.15) is 17.9 Å². The van der Waals surface area contributed by atoms with Crippen LogP contribution in [0.4, 0.5) is 0 Å². The van der Waals surface area contributed by atoms with Crippen LogP contribution in [-0.4, -0.2) is 42.8 Å². The third-order valence-electron chi connectivity index (χ3n) is 4.65. The number of carbonyl (C=O) groups excluding carboxylic acids is 1. The molecule has 1 fully saturated rings. The molecule has 0 unspecified atom stereocenters. The Morgan fingerprint density at radius 1 is 1.22 bits per heavy atom. The molecule has 2 N–H and O–H groups in total. The molecule has 3 rings (SSSR count). The van der Waals surface area contributed by atoms with Crippen molar-refractivity contribution in [3.8, 4) is 16.9 Å². The van der Waals surface area contributed by atoms with E-state index in [-0.39, 0.29) is 12.3 Å². The van der Waals surface area contributed by atoms with Gasteiger partial charge in [0.25, 0.3) is 0 Å². The Kier molecular flexibility index (Phi) is 6.08. The van der Waals surface area contributed by atoms with Gasteiger partial charge < -0.3 is 19.9 Å². The van der Waals surface area contributed by atoms with Crippen LogP contribution in [0.15, 0.2) is 48.5 Å². The molecule has 1 amide bonds. The lowest BCUT2D eigenvalue weighted by molar-refractivity contribution is -0.143. The summed E-state index contributed by atoms with van der Waals surface area (Å²) in [7, 11) is 1.63. The number of carboxylic acids is 1. The van der Waals surface area contributed by atoms with E-state index in [4.69, 9.17) is 9.47 Å². The van der Waals surface area contributed by atoms with Gasteiger partial charge in [-0.05, 0) is 30.0 Å². The van der Waals surface area contributed by atoms with Gasteiger partial charge in [-0.15, -0.1) is 0 Å². The van der Waals surface area contributed by atoms with Crippen LogP contribution in [0.1, 0.15) is 18.4 Å². The maximum atomic E-state index is 12.1. The van der Waals surface area contributed by atoms with Crippen molar-refractivity contribution < 1.29 is 24.2 Å². The van der Waals surface area contributed by atoms with Gasteiger partial charge in [-0.25, -0.2) is 4.79 Å². The summed E-state index contributed by atoms with van der Waals surface area (Å²) in [5.41, 5.74) is 2.77. The van der Waals surface area contributed by atoms with Gasteiger partial charge in [0.05, 0.1) is 7.11 Å². The number of amides is 1. The highest BCUT2D eigenvalue weighted by Crippen LogP contribution is 2.29. The summed E-state index contributed by atoms with van der Waals surface area (Å²) in [6, 6.07) is 14.3. The molecule has 0 spiro atoms. The zero-order chi connectivity index (χ0) is 19.2. The first-order valence-corrected chi connectivity index (χ1v) is 8.95. The summed E-state index contributed by atoms with van der Waals surface area (Å²) < 4.78 is 10.7. The summed E-state index contributed by atoms with van der Waals surface area (Å²) in [6.07, 6.45) is 1.12. The fourth-order valence-corrected chi connectivity index (χ4v) is 3.19.